The van der Waals surface area contributed by atoms with Crippen molar-refractivity contribution in [3.63, 3.8) is 0 Å². The molecule has 0 aliphatic heterocycles. The van der Waals surface area contributed by atoms with Crippen LogP contribution in [0.15, 0.2) is 54.6 Å². The summed E-state index contributed by atoms with van der Waals surface area (Å²) in [5.41, 5.74) is 3.33. The fraction of sp³-hybridized carbons (Fsp3) is 0.310. The van der Waals surface area contributed by atoms with Crippen LogP contribution >= 0.6 is 0 Å². The van der Waals surface area contributed by atoms with Crippen molar-refractivity contribution in [3.05, 3.63) is 88.5 Å². The quantitative estimate of drug-likeness (QED) is 0.334. The lowest BCUT2D eigenvalue weighted by Gasteiger charge is -2.14. The number of sulfonamides is 1. The number of hydrogen-bond acceptors (Lipinski definition) is 5. The third kappa shape index (κ3) is 8.35. The van der Waals surface area contributed by atoms with Crippen LogP contribution < -0.4 is 9.46 Å². The molecule has 0 spiro atoms. The van der Waals surface area contributed by atoms with Crippen LogP contribution in [0.1, 0.15) is 60.2 Å². The number of rotatable bonds is 8. The maximum Gasteiger partial charge on any atom is 0.310 e. The predicted molar refractivity (Wildman–Crippen MR) is 145 cm³/mol. The predicted octanol–water partition coefficient (Wildman–Crippen LogP) is 6.33. The lowest BCUT2D eigenvalue weighted by atomic mass is 9.97. The van der Waals surface area contributed by atoms with Crippen molar-refractivity contribution < 1.29 is 36.6 Å². The summed E-state index contributed by atoms with van der Waals surface area (Å²) in [7, 11) is -3.61. The lowest BCUT2D eigenvalue weighted by molar-refractivity contribution is -0.138. The molecule has 0 amide bonds. The molecule has 3 aromatic rings. The Bertz CT molecular complexity index is 1470. The molecule has 4 rings (SSSR count). The van der Waals surface area contributed by atoms with Crippen LogP contribution in [0.2, 0.25) is 0 Å². The number of anilines is 1. The number of carbonyl (C=O) groups is 2. The number of halogens is 2. The molecule has 0 saturated carbocycles. The second kappa shape index (κ2) is 12.4. The summed E-state index contributed by atoms with van der Waals surface area (Å²) >= 11 is 0. The van der Waals surface area contributed by atoms with Gasteiger partial charge < -0.3 is 9.84 Å². The van der Waals surface area contributed by atoms with Crippen LogP contribution in [0.4, 0.5) is 14.5 Å². The lowest BCUT2D eigenvalue weighted by Crippen LogP contribution is -2.11. The van der Waals surface area contributed by atoms with E-state index in [-0.39, 0.29) is 23.0 Å². The Morgan fingerprint density at radius 2 is 1.67 bits per heavy atom. The van der Waals surface area contributed by atoms with Crippen molar-refractivity contribution in [1.82, 2.24) is 0 Å². The number of nitrogens with one attached hydrogen (secondary N) is 1. The summed E-state index contributed by atoms with van der Waals surface area (Å²) in [5.74, 6) is -2.67. The van der Waals surface area contributed by atoms with Gasteiger partial charge in [0, 0.05) is 18.1 Å². The first-order valence-corrected chi connectivity index (χ1v) is 14.2. The number of ketones is 1. The highest BCUT2D eigenvalue weighted by Crippen LogP contribution is 2.37. The number of ether oxygens (including phenoxy) is 1. The van der Waals surface area contributed by atoms with E-state index in [0.29, 0.717) is 36.0 Å². The minimum Gasteiger partial charge on any atom is -0.481 e. The standard InChI is InChI=1S/C16H13F2NO4S.C13H18O2/c1-24(21,22)19-13-6-9-2-4-14(20)11(9)8-16(13)23-15-5-3-10(17)7-12(15)18;1-9(2)8-11-4-6-12(7-5-11)10(3)13(14)15/h3,5-8,19H,2,4H2,1H3;4-7,9-10H,8H2,1-3H3,(H,14,15). The van der Waals surface area contributed by atoms with E-state index in [1.54, 1.807) is 6.92 Å². The summed E-state index contributed by atoms with van der Waals surface area (Å²) in [6.07, 6.45) is 2.83. The third-order valence-electron chi connectivity index (χ3n) is 6.03. The molecule has 1 aliphatic rings. The highest BCUT2D eigenvalue weighted by atomic mass is 32.2. The number of fused-ring (bicyclic) bond motifs is 1. The molecule has 7 nitrogen and oxygen atoms in total. The number of benzene rings is 3. The van der Waals surface area contributed by atoms with E-state index in [0.717, 1.165) is 30.4 Å². The highest BCUT2D eigenvalue weighted by Gasteiger charge is 2.24. The number of aliphatic carboxylic acids is 1. The topological polar surface area (TPSA) is 110 Å². The van der Waals surface area contributed by atoms with Gasteiger partial charge in [-0.2, -0.15) is 0 Å². The highest BCUT2D eigenvalue weighted by molar-refractivity contribution is 7.92. The normalized spacial score (nSPS) is 13.4. The summed E-state index contributed by atoms with van der Waals surface area (Å²) < 4.78 is 57.5. The first-order valence-electron chi connectivity index (χ1n) is 12.4. The first kappa shape index (κ1) is 29.8. The SMILES string of the molecule is CC(C)Cc1ccc(C(C)C(=O)O)cc1.CS(=O)(=O)Nc1cc2c(cc1Oc1ccc(F)cc1F)C(=O)CC2. The van der Waals surface area contributed by atoms with E-state index in [1.165, 1.54) is 17.7 Å². The Hall–Kier alpha value is -3.79. The van der Waals surface area contributed by atoms with E-state index in [2.05, 4.69) is 18.6 Å². The molecular weight excluding hydrogens is 528 g/mol. The molecule has 10 heteroatoms. The Kier molecular flexibility index (Phi) is 9.45. The van der Waals surface area contributed by atoms with E-state index < -0.39 is 33.5 Å². The molecule has 1 atom stereocenters. The van der Waals surface area contributed by atoms with Crippen LogP contribution in [-0.4, -0.2) is 31.5 Å². The maximum atomic E-state index is 13.8. The molecule has 1 aliphatic carbocycles. The van der Waals surface area contributed by atoms with Crippen molar-refractivity contribution in [2.75, 3.05) is 11.0 Å². The molecule has 1 unspecified atom stereocenters. The zero-order valence-electron chi connectivity index (χ0n) is 22.1. The Morgan fingerprint density at radius 1 is 1.00 bits per heavy atom. The van der Waals surface area contributed by atoms with Crippen molar-refractivity contribution in [2.45, 2.75) is 46.0 Å². The number of hydrogen-bond donors (Lipinski definition) is 2. The van der Waals surface area contributed by atoms with E-state index in [1.807, 2.05) is 24.3 Å². The van der Waals surface area contributed by atoms with Crippen molar-refractivity contribution in [2.24, 2.45) is 5.92 Å². The van der Waals surface area contributed by atoms with Gasteiger partial charge in [0.05, 0.1) is 17.9 Å². The molecule has 0 saturated heterocycles. The smallest absolute Gasteiger partial charge is 0.310 e. The monoisotopic (exact) mass is 559 g/mol. The maximum absolute atomic E-state index is 13.8. The minimum atomic E-state index is -3.61. The van der Waals surface area contributed by atoms with Gasteiger partial charge in [0.25, 0.3) is 0 Å². The molecule has 2 N–H and O–H groups in total. The second-order valence-corrected chi connectivity index (χ2v) is 11.6. The second-order valence-electron chi connectivity index (χ2n) is 9.88. The van der Waals surface area contributed by atoms with E-state index in [9.17, 15) is 26.8 Å². The third-order valence-corrected chi connectivity index (χ3v) is 6.62. The van der Waals surface area contributed by atoms with Crippen LogP contribution in [0.25, 0.3) is 0 Å². The number of Topliss-reactive ketones (excluding diaryl/α,β-unsaturated/α-hetero) is 1. The number of carboxylic acid groups (broad SMARTS) is 1. The average molecular weight is 560 g/mol. The Morgan fingerprint density at radius 3 is 2.23 bits per heavy atom. The van der Waals surface area contributed by atoms with Crippen molar-refractivity contribution >= 4 is 27.5 Å². The van der Waals surface area contributed by atoms with Gasteiger partial charge in [0.15, 0.2) is 23.1 Å². The largest absolute Gasteiger partial charge is 0.481 e. The van der Waals surface area contributed by atoms with E-state index in [4.69, 9.17) is 9.84 Å². The molecule has 0 bridgehead atoms. The molecule has 0 heterocycles. The molecule has 39 heavy (non-hydrogen) atoms. The summed E-state index contributed by atoms with van der Waals surface area (Å²) in [6, 6.07) is 13.5. The van der Waals surface area contributed by atoms with Crippen LogP contribution in [-0.2, 0) is 27.7 Å². The van der Waals surface area contributed by atoms with Gasteiger partial charge >= 0.3 is 5.97 Å². The van der Waals surface area contributed by atoms with Crippen molar-refractivity contribution in [3.8, 4) is 11.5 Å². The van der Waals surface area contributed by atoms with Gasteiger partial charge in [-0.25, -0.2) is 17.2 Å². The number of aryl methyl sites for hydroxylation is 1. The zero-order valence-corrected chi connectivity index (χ0v) is 22.9. The van der Waals surface area contributed by atoms with Gasteiger partial charge in [-0.05, 0) is 66.6 Å². The Balaban J connectivity index is 0.000000242. The van der Waals surface area contributed by atoms with Crippen LogP contribution in [0.5, 0.6) is 11.5 Å². The number of carboxylic acids is 1. The van der Waals surface area contributed by atoms with Gasteiger partial charge in [-0.15, -0.1) is 0 Å². The van der Waals surface area contributed by atoms with Gasteiger partial charge in [0.1, 0.15) is 5.82 Å². The van der Waals surface area contributed by atoms with Gasteiger partial charge in [-0.3, -0.25) is 14.3 Å². The zero-order chi connectivity index (χ0) is 28.9. The minimum absolute atomic E-state index is 0.0278. The molecule has 208 valence electrons. The molecule has 0 aromatic heterocycles. The molecular formula is C29H31F2NO6S. The van der Waals surface area contributed by atoms with E-state index >= 15 is 0 Å². The summed E-state index contributed by atoms with van der Waals surface area (Å²) in [4.78, 5) is 22.6. The fourth-order valence-corrected chi connectivity index (χ4v) is 4.63. The molecule has 0 fully saturated rings. The fourth-order valence-electron chi connectivity index (χ4n) is 4.07. The van der Waals surface area contributed by atoms with Gasteiger partial charge in [-0.1, -0.05) is 38.1 Å². The average Bonchev–Trinajstić information content (AvgIpc) is 3.19. The summed E-state index contributed by atoms with van der Waals surface area (Å²) in [5, 5.41) is 8.85. The Labute approximate surface area is 226 Å². The first-order chi connectivity index (χ1) is 18.2. The van der Waals surface area contributed by atoms with Crippen LogP contribution in [0.3, 0.4) is 0 Å². The molecule has 3 aromatic carbocycles. The molecule has 0 radical (unpaired) electrons. The van der Waals surface area contributed by atoms with Crippen molar-refractivity contribution in [1.29, 1.82) is 0 Å². The van der Waals surface area contributed by atoms with Crippen LogP contribution in [0, 0.1) is 17.6 Å². The van der Waals surface area contributed by atoms with Gasteiger partial charge in [0.2, 0.25) is 10.0 Å². The summed E-state index contributed by atoms with van der Waals surface area (Å²) in [6.45, 7) is 6.06. The number of carbonyl (C=O) groups excluding carboxylic acids is 1.